The zero-order valence-electron chi connectivity index (χ0n) is 64.3. The van der Waals surface area contributed by atoms with Crippen molar-refractivity contribution in [3.8, 4) is 102 Å². The predicted molar refractivity (Wildman–Crippen MR) is 452 cm³/mol. The standard InChI is InChI=1S/C99H87NO15/c1-104-88-49-67-46-71-53-92-90(106-3)51-69(71)48-72-54-93-89(105-2)50-68(72)47-70(67)52-91(88)110-43-40-107-82-34-28-61-16-4-10-22-76(61)94(82)97-79-25-13-7-19-64(79)31-37-85(97)113-58-73(101)55-100(56-74(102)59-114-86-38-32-65-20-8-14-26-80(65)98(86)95-77-23-11-5-17-62(77)29-35-83(95)108-41-44-111-92)57-75(103)60-115-87-39-33-66-21-9-15-27-81(66)99(87)96-78-24-12-6-18-63(78)30-36-84(96)109-42-45-112-93/h4-39,49-54,73-75,101-103H,40-48,55-60H2,1-3H3/t73-,74-,75-/m0/s1. The lowest BCUT2D eigenvalue weighted by molar-refractivity contribution is 0.00377. The smallest absolute Gasteiger partial charge is 0.161 e. The number of ether oxygens (including phenoxy) is 12. The molecule has 578 valence electrons. The van der Waals surface area contributed by atoms with Gasteiger partial charge >= 0.3 is 0 Å². The van der Waals surface area contributed by atoms with Crippen LogP contribution in [0.5, 0.6) is 69.0 Å². The highest BCUT2D eigenvalue weighted by Crippen LogP contribution is 2.51. The second kappa shape index (κ2) is 32.8. The second-order valence-corrected chi connectivity index (χ2v) is 29.5. The first-order valence-corrected chi connectivity index (χ1v) is 39.2. The minimum atomic E-state index is -1.17. The van der Waals surface area contributed by atoms with Crippen molar-refractivity contribution in [1.82, 2.24) is 4.90 Å². The first-order valence-electron chi connectivity index (χ1n) is 39.2. The van der Waals surface area contributed by atoms with E-state index < -0.39 is 18.3 Å². The van der Waals surface area contributed by atoms with Crippen LogP contribution in [0.4, 0.5) is 0 Å². The predicted octanol–water partition coefficient (Wildman–Crippen LogP) is 18.6. The summed E-state index contributed by atoms with van der Waals surface area (Å²) < 4.78 is 81.1. The first-order chi connectivity index (χ1) is 56.6. The highest BCUT2D eigenvalue weighted by Gasteiger charge is 2.30. The largest absolute Gasteiger partial charge is 0.493 e. The van der Waals surface area contributed by atoms with Gasteiger partial charge in [0.25, 0.3) is 0 Å². The van der Waals surface area contributed by atoms with Crippen LogP contribution in [0.1, 0.15) is 33.4 Å². The van der Waals surface area contributed by atoms with E-state index >= 15 is 0 Å². The number of hydrogen-bond donors (Lipinski definition) is 3. The molecule has 0 fully saturated rings. The Kier molecular flexibility index (Phi) is 21.0. The number of aliphatic hydroxyl groups is 3. The Morgan fingerprint density at radius 2 is 0.443 bits per heavy atom. The molecule has 6 aliphatic heterocycles. The lowest BCUT2D eigenvalue weighted by atomic mass is 9.92. The normalized spacial score (nSPS) is 17.1. The maximum Gasteiger partial charge on any atom is 0.161 e. The molecule has 16 nitrogen and oxygen atoms in total. The summed E-state index contributed by atoms with van der Waals surface area (Å²) in [5, 5.41) is 49.3. The van der Waals surface area contributed by atoms with Crippen LogP contribution in [0.15, 0.2) is 255 Å². The molecule has 0 unspecified atom stereocenters. The molecule has 10 bridgehead atoms. The molecule has 1 aliphatic carbocycles. The third-order valence-corrected chi connectivity index (χ3v) is 22.2. The molecule has 22 rings (SSSR count). The van der Waals surface area contributed by atoms with E-state index in [0.29, 0.717) is 88.3 Å². The van der Waals surface area contributed by atoms with E-state index in [0.717, 1.165) is 131 Å². The zero-order valence-corrected chi connectivity index (χ0v) is 64.3. The highest BCUT2D eigenvalue weighted by molar-refractivity contribution is 6.12. The van der Waals surface area contributed by atoms with Crippen molar-refractivity contribution in [2.75, 3.05) is 100 Å². The Morgan fingerprint density at radius 1 is 0.243 bits per heavy atom. The molecule has 16 heteroatoms. The maximum absolute atomic E-state index is 12.6. The summed E-state index contributed by atoms with van der Waals surface area (Å²) in [4.78, 5) is 1.84. The molecule has 3 atom stereocenters. The Morgan fingerprint density at radius 3 is 0.670 bits per heavy atom. The van der Waals surface area contributed by atoms with Gasteiger partial charge in [0.1, 0.15) is 112 Å². The zero-order chi connectivity index (χ0) is 77.9. The summed E-state index contributed by atoms with van der Waals surface area (Å²) in [7, 11) is 4.99. The first kappa shape index (κ1) is 73.8. The molecule has 0 amide bonds. The third kappa shape index (κ3) is 15.1. The van der Waals surface area contributed by atoms with Gasteiger partial charge in [0.05, 0.1) is 21.3 Å². The summed E-state index contributed by atoms with van der Waals surface area (Å²) in [5.41, 5.74) is 10.8. The van der Waals surface area contributed by atoms with Crippen LogP contribution >= 0.6 is 0 Å². The van der Waals surface area contributed by atoms with Crippen LogP contribution in [0.3, 0.4) is 0 Å². The Balaban J connectivity index is 0.811. The second-order valence-electron chi connectivity index (χ2n) is 29.5. The van der Waals surface area contributed by atoms with Crippen molar-refractivity contribution in [3.05, 3.63) is 288 Å². The van der Waals surface area contributed by atoms with Crippen molar-refractivity contribution in [1.29, 1.82) is 0 Å². The summed E-state index contributed by atoms with van der Waals surface area (Å²) in [6.07, 6.45) is -2.04. The fourth-order valence-electron chi connectivity index (χ4n) is 16.9. The lowest BCUT2D eigenvalue weighted by Crippen LogP contribution is -2.45. The quantitative estimate of drug-likeness (QED) is 0.152. The fraction of sp³-hybridized carbons (Fsp3) is 0.212. The minimum absolute atomic E-state index is 0.0452. The molecule has 0 saturated heterocycles. The van der Waals surface area contributed by atoms with Gasteiger partial charge < -0.3 is 72.2 Å². The molecular formula is C99H87NO15. The number of aliphatic hydroxyl groups excluding tert-OH is 3. The Labute approximate surface area is 666 Å². The summed E-state index contributed by atoms with van der Waals surface area (Å²) in [6, 6.07) is 85.7. The third-order valence-electron chi connectivity index (χ3n) is 22.2. The highest BCUT2D eigenvalue weighted by atomic mass is 16.6. The number of hydrogen-bond acceptors (Lipinski definition) is 16. The number of fused-ring (bicyclic) bond motifs is 9. The molecule has 6 heterocycles. The number of nitrogens with zero attached hydrogens (tertiary/aromatic N) is 1. The van der Waals surface area contributed by atoms with Gasteiger partial charge in [-0.25, -0.2) is 0 Å². The molecule has 0 aromatic heterocycles. The van der Waals surface area contributed by atoms with Crippen LogP contribution in [0, 0.1) is 0 Å². The molecule has 15 aromatic carbocycles. The van der Waals surface area contributed by atoms with Gasteiger partial charge in [-0.15, -0.1) is 0 Å². The van der Waals surface area contributed by atoms with Gasteiger partial charge in [0, 0.05) is 53.0 Å². The van der Waals surface area contributed by atoms with Crippen molar-refractivity contribution in [2.45, 2.75) is 37.6 Å². The van der Waals surface area contributed by atoms with Crippen LogP contribution in [-0.4, -0.2) is 139 Å². The Bertz CT molecular complexity index is 5570. The summed E-state index contributed by atoms with van der Waals surface area (Å²) in [6.45, 7) is 0.198. The van der Waals surface area contributed by atoms with Crippen LogP contribution in [0.2, 0.25) is 0 Å². The van der Waals surface area contributed by atoms with E-state index in [9.17, 15) is 15.3 Å². The minimum Gasteiger partial charge on any atom is -0.493 e. The molecule has 0 spiro atoms. The van der Waals surface area contributed by atoms with Crippen LogP contribution in [0.25, 0.3) is 98.0 Å². The summed E-state index contributed by atoms with van der Waals surface area (Å²) >= 11 is 0. The average Bonchev–Trinajstić information content (AvgIpc) is 1.19. The SMILES string of the molecule is COc1cc2c3cc1OCCOc1ccc4ccccc4c1-c1c(ccc4ccccc14)OC[C@@H](O)CN1C[C@H](O)COc4ccc5ccccc5c4-c4c(ccc5ccccc45)OCCOc4cc(c(cc4OC)C3)Cc3cc(OC)c(cc3C2)OCCOc2ccc3ccccc3c2-c2c(ccc3ccccc23)OC[C@@H](O)C1. The Hall–Kier alpha value is -12.7. The van der Waals surface area contributed by atoms with E-state index in [1.807, 2.05) is 132 Å². The topological polar surface area (TPSA) is 175 Å². The molecule has 7 aliphatic rings. The van der Waals surface area contributed by atoms with Crippen LogP contribution < -0.4 is 56.8 Å². The maximum atomic E-state index is 12.6. The summed E-state index contributed by atoms with van der Waals surface area (Å²) in [5.74, 6) is 6.63. The van der Waals surface area contributed by atoms with Crippen molar-refractivity contribution >= 4 is 64.6 Å². The monoisotopic (exact) mass is 1530 g/mol. The van der Waals surface area contributed by atoms with Gasteiger partial charge in [-0.1, -0.05) is 182 Å². The van der Waals surface area contributed by atoms with Crippen molar-refractivity contribution in [3.63, 3.8) is 0 Å². The molecule has 115 heavy (non-hydrogen) atoms. The van der Waals surface area contributed by atoms with E-state index in [-0.39, 0.29) is 79.1 Å². The lowest BCUT2D eigenvalue weighted by Gasteiger charge is -2.30. The average molecular weight is 1530 g/mol. The molecule has 3 N–H and O–H groups in total. The number of rotatable bonds is 3. The fourth-order valence-corrected chi connectivity index (χ4v) is 16.9. The van der Waals surface area contributed by atoms with Crippen molar-refractivity contribution in [2.24, 2.45) is 0 Å². The van der Waals surface area contributed by atoms with E-state index in [4.69, 9.17) is 56.8 Å². The van der Waals surface area contributed by atoms with E-state index in [1.165, 1.54) is 0 Å². The van der Waals surface area contributed by atoms with Gasteiger partial charge in [-0.3, -0.25) is 4.90 Å². The van der Waals surface area contributed by atoms with Gasteiger partial charge in [-0.05, 0) is 190 Å². The van der Waals surface area contributed by atoms with Crippen molar-refractivity contribution < 1.29 is 72.2 Å². The number of benzene rings is 15. The number of methoxy groups -OCH3 is 3. The van der Waals surface area contributed by atoms with Gasteiger partial charge in [0.2, 0.25) is 0 Å². The van der Waals surface area contributed by atoms with E-state index in [2.05, 4.69) is 127 Å². The van der Waals surface area contributed by atoms with Gasteiger partial charge in [-0.2, -0.15) is 0 Å². The van der Waals surface area contributed by atoms with Gasteiger partial charge in [0.15, 0.2) is 34.5 Å². The van der Waals surface area contributed by atoms with Crippen LogP contribution in [-0.2, 0) is 19.3 Å². The molecule has 15 aromatic rings. The molecule has 0 saturated carbocycles. The molecular weight excluding hydrogens is 1440 g/mol. The molecule has 0 radical (unpaired) electrons. The van der Waals surface area contributed by atoms with E-state index in [1.54, 1.807) is 21.3 Å².